The Labute approximate surface area is 152 Å². The number of nitrogens with zero attached hydrogens (tertiary/aromatic N) is 1. The first-order valence-electron chi connectivity index (χ1n) is 8.60. The molecule has 0 saturated carbocycles. The van der Waals surface area contributed by atoms with Crippen LogP contribution in [0.4, 0.5) is 0 Å². The van der Waals surface area contributed by atoms with E-state index in [0.717, 1.165) is 44.6 Å². The van der Waals surface area contributed by atoms with Crippen LogP contribution in [-0.2, 0) is 13.2 Å². The van der Waals surface area contributed by atoms with Crippen molar-refractivity contribution in [3.63, 3.8) is 0 Å². The minimum absolute atomic E-state index is 0.0259. The topological polar surface area (TPSA) is 58.1 Å². The molecule has 0 fully saturated rings. The van der Waals surface area contributed by atoms with Crippen molar-refractivity contribution in [3.05, 3.63) is 83.7 Å². The molecular weight excluding hydrogens is 324 g/mol. The van der Waals surface area contributed by atoms with Gasteiger partial charge in [-0.15, -0.1) is 0 Å². The molecule has 0 atom stereocenters. The lowest BCUT2D eigenvalue weighted by atomic mass is 9.97. The van der Waals surface area contributed by atoms with Crippen LogP contribution in [-0.4, -0.2) is 15.1 Å². The largest absolute Gasteiger partial charge is 0.489 e. The number of aromatic nitrogens is 2. The number of aromatic amines is 1. The molecular formula is C22H20N2O2. The third-order valence-corrected chi connectivity index (χ3v) is 4.64. The molecule has 0 radical (unpaired) electrons. The molecule has 0 aliphatic rings. The van der Waals surface area contributed by atoms with Crippen molar-refractivity contribution < 1.29 is 9.84 Å². The molecule has 0 aliphatic carbocycles. The highest BCUT2D eigenvalue weighted by Crippen LogP contribution is 2.35. The second kappa shape index (κ2) is 7.02. The third-order valence-electron chi connectivity index (χ3n) is 4.64. The maximum atomic E-state index is 9.66. The summed E-state index contributed by atoms with van der Waals surface area (Å²) in [5.74, 6) is 0.859. The van der Waals surface area contributed by atoms with E-state index in [-0.39, 0.29) is 6.61 Å². The first-order chi connectivity index (χ1) is 12.8. The van der Waals surface area contributed by atoms with E-state index in [4.69, 9.17) is 4.74 Å². The zero-order chi connectivity index (χ0) is 17.9. The number of rotatable bonds is 5. The zero-order valence-corrected chi connectivity index (χ0v) is 14.6. The maximum Gasteiger partial charge on any atom is 0.138 e. The van der Waals surface area contributed by atoms with E-state index in [1.807, 2.05) is 42.6 Å². The molecule has 2 aromatic carbocycles. The first-order valence-corrected chi connectivity index (χ1v) is 8.60. The van der Waals surface area contributed by atoms with Gasteiger partial charge in [-0.2, -0.15) is 0 Å². The van der Waals surface area contributed by atoms with Gasteiger partial charge in [-0.3, -0.25) is 0 Å². The lowest BCUT2D eigenvalue weighted by Crippen LogP contribution is -1.98. The van der Waals surface area contributed by atoms with Gasteiger partial charge in [0.25, 0.3) is 0 Å². The molecule has 0 saturated heterocycles. The van der Waals surface area contributed by atoms with Crippen LogP contribution in [0.1, 0.15) is 16.7 Å². The molecule has 2 N–H and O–H groups in total. The number of hydrogen-bond acceptors (Lipinski definition) is 3. The second-order valence-corrected chi connectivity index (χ2v) is 6.26. The Kier molecular flexibility index (Phi) is 4.42. The molecule has 0 unspecified atom stereocenters. The van der Waals surface area contributed by atoms with Gasteiger partial charge in [0, 0.05) is 23.3 Å². The van der Waals surface area contributed by atoms with Gasteiger partial charge in [-0.05, 0) is 41.3 Å². The monoisotopic (exact) mass is 344 g/mol. The van der Waals surface area contributed by atoms with Crippen molar-refractivity contribution in [2.75, 3.05) is 0 Å². The van der Waals surface area contributed by atoms with Gasteiger partial charge < -0.3 is 14.8 Å². The van der Waals surface area contributed by atoms with Crippen LogP contribution < -0.4 is 4.74 Å². The van der Waals surface area contributed by atoms with Gasteiger partial charge in [0.15, 0.2) is 0 Å². The summed E-state index contributed by atoms with van der Waals surface area (Å²) in [5.41, 5.74) is 5.96. The minimum atomic E-state index is -0.0259. The van der Waals surface area contributed by atoms with Crippen molar-refractivity contribution in [1.82, 2.24) is 9.97 Å². The predicted octanol–water partition coefficient (Wildman–Crippen LogP) is 4.61. The van der Waals surface area contributed by atoms with Crippen molar-refractivity contribution >= 4 is 11.0 Å². The van der Waals surface area contributed by atoms with Crippen LogP contribution in [0.2, 0.25) is 0 Å². The summed E-state index contributed by atoms with van der Waals surface area (Å²) in [5, 5.41) is 10.6. The fraction of sp³-hybridized carbons (Fsp3) is 0.136. The van der Waals surface area contributed by atoms with Gasteiger partial charge in [-0.25, -0.2) is 4.98 Å². The van der Waals surface area contributed by atoms with Crippen molar-refractivity contribution in [2.24, 2.45) is 0 Å². The molecule has 0 aliphatic heterocycles. The van der Waals surface area contributed by atoms with E-state index >= 15 is 0 Å². The number of pyridine rings is 1. The Morgan fingerprint density at radius 3 is 2.65 bits per heavy atom. The van der Waals surface area contributed by atoms with Crippen molar-refractivity contribution in [2.45, 2.75) is 20.1 Å². The van der Waals surface area contributed by atoms with Crippen LogP contribution >= 0.6 is 0 Å². The molecule has 0 amide bonds. The van der Waals surface area contributed by atoms with E-state index in [9.17, 15) is 5.11 Å². The summed E-state index contributed by atoms with van der Waals surface area (Å²) in [4.78, 5) is 7.49. The number of aliphatic hydroxyl groups is 1. The lowest BCUT2D eigenvalue weighted by molar-refractivity contribution is 0.283. The summed E-state index contributed by atoms with van der Waals surface area (Å²) in [6.45, 7) is 2.57. The Balaban J connectivity index is 1.73. The number of hydrogen-bond donors (Lipinski definition) is 2. The Hall–Kier alpha value is -3.11. The quantitative estimate of drug-likeness (QED) is 0.556. The second-order valence-electron chi connectivity index (χ2n) is 6.26. The van der Waals surface area contributed by atoms with Gasteiger partial charge in [0.2, 0.25) is 0 Å². The molecule has 2 aromatic heterocycles. The Morgan fingerprint density at radius 1 is 1.00 bits per heavy atom. The van der Waals surface area contributed by atoms with Crippen LogP contribution in [0.3, 0.4) is 0 Å². The number of fused-ring (bicyclic) bond motifs is 1. The number of ether oxygens (including phenoxy) is 1. The Bertz CT molecular complexity index is 1040. The molecule has 0 spiro atoms. The van der Waals surface area contributed by atoms with E-state index in [1.165, 1.54) is 0 Å². The molecule has 26 heavy (non-hydrogen) atoms. The summed E-state index contributed by atoms with van der Waals surface area (Å²) < 4.78 is 6.06. The van der Waals surface area contributed by atoms with E-state index < -0.39 is 0 Å². The lowest BCUT2D eigenvalue weighted by Gasteiger charge is -2.14. The standard InChI is InChI=1S/C22H20N2O2/c1-15-18(19-10-11-23-22-21(19)17(13-25)12-24-22)8-5-9-20(15)26-14-16-6-3-2-4-7-16/h2-12,25H,13-14H2,1H3,(H,23,24). The van der Waals surface area contributed by atoms with E-state index in [0.29, 0.717) is 6.61 Å². The fourth-order valence-corrected chi connectivity index (χ4v) is 3.27. The van der Waals surface area contributed by atoms with Gasteiger partial charge in [0.1, 0.15) is 18.0 Å². The van der Waals surface area contributed by atoms with E-state index in [2.05, 4.69) is 35.1 Å². The summed E-state index contributed by atoms with van der Waals surface area (Å²) >= 11 is 0. The average molecular weight is 344 g/mol. The summed E-state index contributed by atoms with van der Waals surface area (Å²) in [6.07, 6.45) is 3.60. The SMILES string of the molecule is Cc1c(OCc2ccccc2)cccc1-c1ccnc2[nH]cc(CO)c12. The number of aliphatic hydroxyl groups excluding tert-OH is 1. The molecule has 4 rings (SSSR count). The van der Waals surface area contributed by atoms with Gasteiger partial charge in [-0.1, -0.05) is 42.5 Å². The van der Waals surface area contributed by atoms with Crippen LogP contribution in [0.15, 0.2) is 67.0 Å². The number of benzene rings is 2. The van der Waals surface area contributed by atoms with Crippen LogP contribution in [0.25, 0.3) is 22.2 Å². The van der Waals surface area contributed by atoms with Crippen LogP contribution in [0.5, 0.6) is 5.75 Å². The zero-order valence-electron chi connectivity index (χ0n) is 14.6. The third kappa shape index (κ3) is 2.95. The molecule has 4 nitrogen and oxygen atoms in total. The summed E-state index contributed by atoms with van der Waals surface area (Å²) in [7, 11) is 0. The fourth-order valence-electron chi connectivity index (χ4n) is 3.27. The molecule has 4 aromatic rings. The summed E-state index contributed by atoms with van der Waals surface area (Å²) in [6, 6.07) is 18.2. The highest BCUT2D eigenvalue weighted by molar-refractivity contribution is 5.96. The Morgan fingerprint density at radius 2 is 1.85 bits per heavy atom. The normalized spacial score (nSPS) is 11.0. The predicted molar refractivity (Wildman–Crippen MR) is 103 cm³/mol. The molecule has 2 heterocycles. The molecule has 4 heteroatoms. The highest BCUT2D eigenvalue weighted by atomic mass is 16.5. The smallest absolute Gasteiger partial charge is 0.138 e. The van der Waals surface area contributed by atoms with E-state index in [1.54, 1.807) is 6.20 Å². The highest BCUT2D eigenvalue weighted by Gasteiger charge is 2.14. The first kappa shape index (κ1) is 16.4. The minimum Gasteiger partial charge on any atom is -0.489 e. The molecule has 130 valence electrons. The average Bonchev–Trinajstić information content (AvgIpc) is 3.11. The maximum absolute atomic E-state index is 9.66. The number of H-pyrrole nitrogens is 1. The van der Waals surface area contributed by atoms with Gasteiger partial charge in [0.05, 0.1) is 6.61 Å². The van der Waals surface area contributed by atoms with Gasteiger partial charge >= 0.3 is 0 Å². The van der Waals surface area contributed by atoms with Crippen molar-refractivity contribution in [3.8, 4) is 16.9 Å². The van der Waals surface area contributed by atoms with Crippen molar-refractivity contribution in [1.29, 1.82) is 0 Å². The molecule has 0 bridgehead atoms. The van der Waals surface area contributed by atoms with Crippen LogP contribution in [0, 0.1) is 6.92 Å². The number of nitrogens with one attached hydrogen (secondary N) is 1.